The van der Waals surface area contributed by atoms with Crippen LogP contribution in [0.25, 0.3) is 6.08 Å². The van der Waals surface area contributed by atoms with Gasteiger partial charge in [0.2, 0.25) is 0 Å². The Kier molecular flexibility index (Phi) is 2.66. The first kappa shape index (κ1) is 11.4. The Hall–Kier alpha value is -1.09. The molecule has 0 spiro atoms. The maximum atomic E-state index is 11.3. The van der Waals surface area contributed by atoms with Crippen molar-refractivity contribution in [3.63, 3.8) is 0 Å². The Morgan fingerprint density at radius 1 is 1.38 bits per heavy atom. The van der Waals surface area contributed by atoms with E-state index >= 15 is 0 Å². The number of ketones is 1. The highest BCUT2D eigenvalue weighted by atomic mass is 79.9. The molecule has 1 aromatic carbocycles. The van der Waals surface area contributed by atoms with E-state index in [1.54, 1.807) is 13.0 Å². The summed E-state index contributed by atoms with van der Waals surface area (Å²) in [4.78, 5) is 11.3. The van der Waals surface area contributed by atoms with Crippen molar-refractivity contribution in [2.45, 2.75) is 26.4 Å². The average Bonchev–Trinajstić information content (AvgIpc) is 2.18. The number of rotatable bonds is 1. The van der Waals surface area contributed by atoms with Gasteiger partial charge in [0.25, 0.3) is 0 Å². The predicted octanol–water partition coefficient (Wildman–Crippen LogP) is 3.80. The first-order chi connectivity index (χ1) is 7.40. The average molecular weight is 281 g/mol. The fourth-order valence-corrected chi connectivity index (χ4v) is 1.92. The van der Waals surface area contributed by atoms with Crippen LogP contribution in [-0.2, 0) is 0 Å². The fraction of sp³-hybridized carbons (Fsp3) is 0.308. The van der Waals surface area contributed by atoms with Gasteiger partial charge in [-0.2, -0.15) is 0 Å². The van der Waals surface area contributed by atoms with Crippen LogP contribution >= 0.6 is 15.9 Å². The predicted molar refractivity (Wildman–Crippen MR) is 68.1 cm³/mol. The zero-order valence-corrected chi connectivity index (χ0v) is 11.1. The number of halogens is 1. The Bertz CT molecular complexity index is 487. The molecule has 16 heavy (non-hydrogen) atoms. The van der Waals surface area contributed by atoms with E-state index in [9.17, 15) is 4.79 Å². The number of ether oxygens (including phenoxy) is 1. The summed E-state index contributed by atoms with van der Waals surface area (Å²) in [6.07, 6.45) is 2.03. The molecule has 84 valence electrons. The molecule has 0 radical (unpaired) electrons. The van der Waals surface area contributed by atoms with E-state index < -0.39 is 0 Å². The highest BCUT2D eigenvalue weighted by Gasteiger charge is 2.28. The number of hydrogen-bond donors (Lipinski definition) is 0. The first-order valence-electron chi connectivity index (χ1n) is 5.12. The van der Waals surface area contributed by atoms with E-state index in [2.05, 4.69) is 15.9 Å². The van der Waals surface area contributed by atoms with Gasteiger partial charge in [-0.3, -0.25) is 4.79 Å². The third kappa shape index (κ3) is 1.92. The standard InChI is InChI=1S/C13H13BrO2/c1-8(15)9-4-5-10-7-12(14)13(2,3)16-11(10)6-9/h4-7H,1-3H3. The lowest BCUT2D eigenvalue weighted by Crippen LogP contribution is -2.30. The second kappa shape index (κ2) is 3.74. The number of carbonyl (C=O) groups excluding carboxylic acids is 1. The van der Waals surface area contributed by atoms with Crippen LogP contribution in [0.4, 0.5) is 0 Å². The normalized spacial score (nSPS) is 17.1. The minimum Gasteiger partial charge on any atom is -0.482 e. The number of Topliss-reactive ketones (excluding diaryl/α,β-unsaturated/α-hetero) is 1. The van der Waals surface area contributed by atoms with Crippen LogP contribution < -0.4 is 4.74 Å². The van der Waals surface area contributed by atoms with Crippen molar-refractivity contribution in [3.05, 3.63) is 33.8 Å². The topological polar surface area (TPSA) is 26.3 Å². The van der Waals surface area contributed by atoms with Crippen molar-refractivity contribution >= 4 is 27.8 Å². The van der Waals surface area contributed by atoms with Gasteiger partial charge in [-0.15, -0.1) is 0 Å². The van der Waals surface area contributed by atoms with Gasteiger partial charge in [-0.05, 0) is 32.9 Å². The molecule has 1 heterocycles. The van der Waals surface area contributed by atoms with Gasteiger partial charge in [0.1, 0.15) is 11.4 Å². The van der Waals surface area contributed by atoms with E-state index in [4.69, 9.17) is 4.74 Å². The molecule has 2 rings (SSSR count). The lowest BCUT2D eigenvalue weighted by atomic mass is 10.0. The van der Waals surface area contributed by atoms with Crippen molar-refractivity contribution < 1.29 is 9.53 Å². The third-order valence-corrected chi connectivity index (χ3v) is 3.83. The second-order valence-electron chi connectivity index (χ2n) is 4.41. The van der Waals surface area contributed by atoms with Gasteiger partial charge in [0.15, 0.2) is 5.78 Å². The van der Waals surface area contributed by atoms with Crippen molar-refractivity contribution in [1.29, 1.82) is 0 Å². The fourth-order valence-electron chi connectivity index (χ4n) is 1.59. The molecule has 1 aromatic rings. The zero-order chi connectivity index (χ0) is 11.9. The monoisotopic (exact) mass is 280 g/mol. The molecule has 0 bridgehead atoms. The lowest BCUT2D eigenvalue weighted by Gasteiger charge is -2.31. The molecular formula is C13H13BrO2. The van der Waals surface area contributed by atoms with E-state index in [-0.39, 0.29) is 11.4 Å². The van der Waals surface area contributed by atoms with Gasteiger partial charge in [-0.25, -0.2) is 0 Å². The molecule has 2 nitrogen and oxygen atoms in total. The molecule has 0 unspecified atom stereocenters. The number of hydrogen-bond acceptors (Lipinski definition) is 2. The van der Waals surface area contributed by atoms with Crippen LogP contribution in [0.15, 0.2) is 22.7 Å². The van der Waals surface area contributed by atoms with Crippen LogP contribution in [0.3, 0.4) is 0 Å². The maximum Gasteiger partial charge on any atom is 0.159 e. The Morgan fingerprint density at radius 3 is 2.69 bits per heavy atom. The minimum absolute atomic E-state index is 0.0535. The van der Waals surface area contributed by atoms with Crippen molar-refractivity contribution in [2.75, 3.05) is 0 Å². The molecule has 0 saturated heterocycles. The Morgan fingerprint density at radius 2 is 2.06 bits per heavy atom. The second-order valence-corrected chi connectivity index (χ2v) is 5.27. The Labute approximate surface area is 103 Å². The van der Waals surface area contributed by atoms with Crippen LogP contribution in [0.2, 0.25) is 0 Å². The summed E-state index contributed by atoms with van der Waals surface area (Å²) in [6, 6.07) is 5.53. The Balaban J connectivity index is 2.51. The van der Waals surface area contributed by atoms with Gasteiger partial charge in [0.05, 0.1) is 0 Å². The molecule has 0 fully saturated rings. The summed E-state index contributed by atoms with van der Waals surface area (Å²) >= 11 is 3.50. The maximum absolute atomic E-state index is 11.3. The van der Waals surface area contributed by atoms with Crippen molar-refractivity contribution in [1.82, 2.24) is 0 Å². The van der Waals surface area contributed by atoms with Crippen LogP contribution in [0.1, 0.15) is 36.7 Å². The molecule has 1 aliphatic heterocycles. The summed E-state index contributed by atoms with van der Waals surface area (Å²) in [5.74, 6) is 0.818. The number of carbonyl (C=O) groups is 1. The summed E-state index contributed by atoms with van der Waals surface area (Å²) < 4.78 is 6.86. The lowest BCUT2D eigenvalue weighted by molar-refractivity contribution is 0.101. The van der Waals surface area contributed by atoms with Gasteiger partial charge in [0, 0.05) is 15.6 Å². The summed E-state index contributed by atoms with van der Waals surface area (Å²) in [5, 5.41) is 0. The van der Waals surface area contributed by atoms with Crippen LogP contribution in [-0.4, -0.2) is 11.4 Å². The van der Waals surface area contributed by atoms with E-state index in [0.717, 1.165) is 15.8 Å². The first-order valence-corrected chi connectivity index (χ1v) is 5.91. The van der Waals surface area contributed by atoms with Crippen molar-refractivity contribution in [3.8, 4) is 5.75 Å². The molecule has 0 atom stereocenters. The molecule has 0 N–H and O–H groups in total. The minimum atomic E-state index is -0.373. The van der Waals surface area contributed by atoms with Gasteiger partial charge < -0.3 is 4.74 Å². The summed E-state index contributed by atoms with van der Waals surface area (Å²) in [5.41, 5.74) is 1.31. The quantitative estimate of drug-likeness (QED) is 0.732. The number of benzene rings is 1. The van der Waals surface area contributed by atoms with E-state index in [1.165, 1.54) is 0 Å². The molecule has 0 saturated carbocycles. The summed E-state index contributed by atoms with van der Waals surface area (Å²) in [7, 11) is 0. The SMILES string of the molecule is CC(=O)c1ccc2c(c1)OC(C)(C)C(Br)=C2. The highest BCUT2D eigenvalue weighted by molar-refractivity contribution is 9.11. The van der Waals surface area contributed by atoms with E-state index in [1.807, 2.05) is 32.1 Å². The van der Waals surface area contributed by atoms with E-state index in [0.29, 0.717) is 5.56 Å². The number of fused-ring (bicyclic) bond motifs is 1. The molecule has 0 aliphatic carbocycles. The van der Waals surface area contributed by atoms with Crippen molar-refractivity contribution in [2.24, 2.45) is 0 Å². The molecule has 1 aliphatic rings. The third-order valence-electron chi connectivity index (χ3n) is 2.64. The molecule has 3 heteroatoms. The smallest absolute Gasteiger partial charge is 0.159 e. The van der Waals surface area contributed by atoms with Gasteiger partial charge >= 0.3 is 0 Å². The molecular weight excluding hydrogens is 268 g/mol. The highest BCUT2D eigenvalue weighted by Crippen LogP contribution is 2.38. The summed E-state index contributed by atoms with van der Waals surface area (Å²) in [6.45, 7) is 5.52. The molecule has 0 amide bonds. The van der Waals surface area contributed by atoms with Crippen LogP contribution in [0, 0.1) is 0 Å². The van der Waals surface area contributed by atoms with Crippen LogP contribution in [0.5, 0.6) is 5.75 Å². The zero-order valence-electron chi connectivity index (χ0n) is 9.50. The van der Waals surface area contributed by atoms with Gasteiger partial charge in [-0.1, -0.05) is 28.1 Å². The molecule has 0 aromatic heterocycles. The largest absolute Gasteiger partial charge is 0.482 e.